The Hall–Kier alpha value is -1.56. The van der Waals surface area contributed by atoms with Crippen LogP contribution in [0.4, 0.5) is 0 Å². The fraction of sp³-hybridized carbons (Fsp3) is 0.455. The van der Waals surface area contributed by atoms with Gasteiger partial charge in [-0.25, -0.2) is 0 Å². The number of aryl methyl sites for hydroxylation is 1. The Kier molecular flexibility index (Phi) is 6.71. The zero-order valence-electron chi connectivity index (χ0n) is 14.2. The second-order valence-corrected chi connectivity index (χ2v) is 6.72. The van der Waals surface area contributed by atoms with Crippen molar-refractivity contribution >= 4 is 0 Å². The van der Waals surface area contributed by atoms with Crippen LogP contribution < -0.4 is 0 Å². The Morgan fingerprint density at radius 2 is 1.36 bits per heavy atom. The molecule has 0 heterocycles. The SMILES string of the molecule is CCCC(C)(CCCCCc1ccccc1)c1ccccc1. The Balaban J connectivity index is 1.80. The van der Waals surface area contributed by atoms with E-state index in [9.17, 15) is 0 Å². The van der Waals surface area contributed by atoms with E-state index in [2.05, 4.69) is 74.5 Å². The van der Waals surface area contributed by atoms with E-state index in [0.29, 0.717) is 5.41 Å². The van der Waals surface area contributed by atoms with Gasteiger partial charge < -0.3 is 0 Å². The van der Waals surface area contributed by atoms with Crippen molar-refractivity contribution in [2.45, 2.75) is 64.2 Å². The number of benzene rings is 2. The van der Waals surface area contributed by atoms with Gasteiger partial charge in [0.25, 0.3) is 0 Å². The lowest BCUT2D eigenvalue weighted by Gasteiger charge is -2.30. The molecule has 0 bridgehead atoms. The maximum Gasteiger partial charge on any atom is -0.00754 e. The predicted octanol–water partition coefficient (Wildman–Crippen LogP) is 6.55. The molecule has 0 aliphatic carbocycles. The standard InChI is InChI=1S/C22H30/c1-3-18-22(2,21-16-10-5-11-17-21)19-12-6-9-15-20-13-7-4-8-14-20/h4-5,7-8,10-11,13-14,16-17H,3,6,9,12,15,18-19H2,1-2H3. The van der Waals surface area contributed by atoms with Crippen LogP contribution >= 0.6 is 0 Å². The molecule has 0 nitrogen and oxygen atoms in total. The van der Waals surface area contributed by atoms with Crippen LogP contribution in [0.1, 0.15) is 63.5 Å². The second-order valence-electron chi connectivity index (χ2n) is 6.72. The molecule has 0 fully saturated rings. The Morgan fingerprint density at radius 1 is 0.727 bits per heavy atom. The molecule has 0 spiro atoms. The summed E-state index contributed by atoms with van der Waals surface area (Å²) in [5.41, 5.74) is 3.34. The van der Waals surface area contributed by atoms with Crippen molar-refractivity contribution in [1.82, 2.24) is 0 Å². The van der Waals surface area contributed by atoms with E-state index >= 15 is 0 Å². The molecule has 0 aliphatic rings. The van der Waals surface area contributed by atoms with Crippen LogP contribution in [0.25, 0.3) is 0 Å². The highest BCUT2D eigenvalue weighted by molar-refractivity contribution is 5.24. The first kappa shape index (κ1) is 16.8. The van der Waals surface area contributed by atoms with Crippen LogP contribution in [0.5, 0.6) is 0 Å². The van der Waals surface area contributed by atoms with E-state index in [1.807, 2.05) is 0 Å². The molecule has 2 rings (SSSR count). The third kappa shape index (κ3) is 5.02. The van der Waals surface area contributed by atoms with Gasteiger partial charge in [-0.1, -0.05) is 93.8 Å². The number of rotatable bonds is 9. The third-order valence-corrected chi connectivity index (χ3v) is 4.81. The normalized spacial score (nSPS) is 13.7. The molecule has 0 saturated carbocycles. The third-order valence-electron chi connectivity index (χ3n) is 4.81. The molecule has 2 aromatic carbocycles. The first-order valence-electron chi connectivity index (χ1n) is 8.84. The minimum Gasteiger partial charge on any atom is -0.0654 e. The average Bonchev–Trinajstić information content (AvgIpc) is 2.57. The van der Waals surface area contributed by atoms with Gasteiger partial charge in [0, 0.05) is 0 Å². The van der Waals surface area contributed by atoms with Crippen molar-refractivity contribution in [3.05, 3.63) is 71.8 Å². The molecule has 0 saturated heterocycles. The molecule has 0 N–H and O–H groups in total. The van der Waals surface area contributed by atoms with Crippen molar-refractivity contribution in [1.29, 1.82) is 0 Å². The van der Waals surface area contributed by atoms with Crippen molar-refractivity contribution in [2.24, 2.45) is 0 Å². The quantitative estimate of drug-likeness (QED) is 0.460. The summed E-state index contributed by atoms with van der Waals surface area (Å²) >= 11 is 0. The maximum absolute atomic E-state index is 2.45. The monoisotopic (exact) mass is 294 g/mol. The lowest BCUT2D eigenvalue weighted by Crippen LogP contribution is -2.21. The van der Waals surface area contributed by atoms with Gasteiger partial charge in [-0.15, -0.1) is 0 Å². The van der Waals surface area contributed by atoms with E-state index in [4.69, 9.17) is 0 Å². The predicted molar refractivity (Wildman–Crippen MR) is 97.3 cm³/mol. The summed E-state index contributed by atoms with van der Waals surface area (Å²) in [6, 6.07) is 22.0. The van der Waals surface area contributed by atoms with Gasteiger partial charge in [-0.3, -0.25) is 0 Å². The van der Waals surface area contributed by atoms with Gasteiger partial charge in [-0.05, 0) is 42.2 Å². The molecular weight excluding hydrogens is 264 g/mol. The summed E-state index contributed by atoms with van der Waals surface area (Å²) in [7, 11) is 0. The summed E-state index contributed by atoms with van der Waals surface area (Å²) in [6.07, 6.45) is 9.04. The van der Waals surface area contributed by atoms with Gasteiger partial charge in [0.1, 0.15) is 0 Å². The van der Waals surface area contributed by atoms with Crippen LogP contribution in [-0.4, -0.2) is 0 Å². The van der Waals surface area contributed by atoms with Gasteiger partial charge in [0.2, 0.25) is 0 Å². The summed E-state index contributed by atoms with van der Waals surface area (Å²) in [4.78, 5) is 0. The summed E-state index contributed by atoms with van der Waals surface area (Å²) in [5.74, 6) is 0. The Labute approximate surface area is 136 Å². The highest BCUT2D eigenvalue weighted by Crippen LogP contribution is 2.34. The van der Waals surface area contributed by atoms with Crippen molar-refractivity contribution in [3.8, 4) is 0 Å². The smallest absolute Gasteiger partial charge is 0.00754 e. The number of hydrogen-bond donors (Lipinski definition) is 0. The molecule has 118 valence electrons. The van der Waals surface area contributed by atoms with E-state index in [1.54, 1.807) is 0 Å². The molecule has 22 heavy (non-hydrogen) atoms. The number of hydrogen-bond acceptors (Lipinski definition) is 0. The summed E-state index contributed by atoms with van der Waals surface area (Å²) in [5, 5.41) is 0. The van der Waals surface area contributed by atoms with Crippen molar-refractivity contribution < 1.29 is 0 Å². The first-order valence-corrected chi connectivity index (χ1v) is 8.84. The highest BCUT2D eigenvalue weighted by atomic mass is 14.3. The van der Waals surface area contributed by atoms with Gasteiger partial charge in [0.15, 0.2) is 0 Å². The van der Waals surface area contributed by atoms with E-state index in [0.717, 1.165) is 0 Å². The fourth-order valence-electron chi connectivity index (χ4n) is 3.47. The molecule has 2 aromatic rings. The van der Waals surface area contributed by atoms with Crippen LogP contribution in [-0.2, 0) is 11.8 Å². The minimum absolute atomic E-state index is 0.350. The van der Waals surface area contributed by atoms with E-state index in [-0.39, 0.29) is 0 Å². The summed E-state index contributed by atoms with van der Waals surface area (Å²) in [6.45, 7) is 4.75. The lowest BCUT2D eigenvalue weighted by molar-refractivity contribution is 0.377. The first-order chi connectivity index (χ1) is 10.7. The molecule has 0 amide bonds. The molecule has 0 aliphatic heterocycles. The largest absolute Gasteiger partial charge is 0.0654 e. The molecule has 1 unspecified atom stereocenters. The Morgan fingerprint density at radius 3 is 2.00 bits per heavy atom. The van der Waals surface area contributed by atoms with Crippen LogP contribution in [0.3, 0.4) is 0 Å². The zero-order chi connectivity index (χ0) is 15.7. The molecule has 0 aromatic heterocycles. The Bertz CT molecular complexity index is 514. The van der Waals surface area contributed by atoms with Crippen LogP contribution in [0.2, 0.25) is 0 Å². The maximum atomic E-state index is 2.45. The molecule has 0 heteroatoms. The lowest BCUT2D eigenvalue weighted by atomic mass is 9.75. The van der Waals surface area contributed by atoms with E-state index in [1.165, 1.54) is 56.1 Å². The second kappa shape index (κ2) is 8.78. The zero-order valence-corrected chi connectivity index (χ0v) is 14.2. The topological polar surface area (TPSA) is 0 Å². The van der Waals surface area contributed by atoms with Gasteiger partial charge in [0.05, 0.1) is 0 Å². The van der Waals surface area contributed by atoms with Gasteiger partial charge in [-0.2, -0.15) is 0 Å². The van der Waals surface area contributed by atoms with E-state index < -0.39 is 0 Å². The molecule has 1 atom stereocenters. The van der Waals surface area contributed by atoms with Gasteiger partial charge >= 0.3 is 0 Å². The van der Waals surface area contributed by atoms with Crippen molar-refractivity contribution in [2.75, 3.05) is 0 Å². The van der Waals surface area contributed by atoms with Crippen LogP contribution in [0.15, 0.2) is 60.7 Å². The van der Waals surface area contributed by atoms with Crippen LogP contribution in [0, 0.1) is 0 Å². The summed E-state index contributed by atoms with van der Waals surface area (Å²) < 4.78 is 0. The molecule has 0 radical (unpaired) electrons. The average molecular weight is 294 g/mol. The minimum atomic E-state index is 0.350. The number of unbranched alkanes of at least 4 members (excludes halogenated alkanes) is 2. The molecular formula is C22H30. The van der Waals surface area contributed by atoms with Crippen molar-refractivity contribution in [3.63, 3.8) is 0 Å². The highest BCUT2D eigenvalue weighted by Gasteiger charge is 2.24. The fourth-order valence-corrected chi connectivity index (χ4v) is 3.47.